The smallest absolute Gasteiger partial charge is 0.269 e. The van der Waals surface area contributed by atoms with Crippen LogP contribution in [0.4, 0.5) is 5.69 Å². The third kappa shape index (κ3) is 6.28. The number of benzene rings is 2. The van der Waals surface area contributed by atoms with Crippen LogP contribution in [0.25, 0.3) is 0 Å². The van der Waals surface area contributed by atoms with Crippen molar-refractivity contribution < 1.29 is 19.1 Å². The fourth-order valence-electron chi connectivity index (χ4n) is 2.31. The maximum Gasteiger partial charge on any atom is 0.269 e. The van der Waals surface area contributed by atoms with Crippen molar-refractivity contribution in [1.82, 2.24) is 10.9 Å². The molecule has 0 aliphatic carbocycles. The molecular formula is C20H22ClN3O4. The van der Waals surface area contributed by atoms with E-state index < -0.39 is 11.8 Å². The largest absolute Gasteiger partial charge is 0.494 e. The van der Waals surface area contributed by atoms with Crippen molar-refractivity contribution in [3.8, 4) is 5.75 Å². The minimum Gasteiger partial charge on any atom is -0.494 e. The molecule has 7 nitrogen and oxygen atoms in total. The highest BCUT2D eigenvalue weighted by molar-refractivity contribution is 6.31. The second kappa shape index (κ2) is 10.3. The summed E-state index contributed by atoms with van der Waals surface area (Å²) in [7, 11) is 0. The maximum absolute atomic E-state index is 12.0. The zero-order valence-electron chi connectivity index (χ0n) is 15.7. The summed E-state index contributed by atoms with van der Waals surface area (Å²) < 4.78 is 5.30. The Hall–Kier alpha value is -3.06. The molecule has 0 aliphatic rings. The second-order valence-corrected chi connectivity index (χ2v) is 6.33. The van der Waals surface area contributed by atoms with E-state index in [0.29, 0.717) is 28.6 Å². The summed E-state index contributed by atoms with van der Waals surface area (Å²) in [6.45, 7) is 4.19. The van der Waals surface area contributed by atoms with Gasteiger partial charge in [0, 0.05) is 29.1 Å². The minimum absolute atomic E-state index is 0.0310. The van der Waals surface area contributed by atoms with Crippen LogP contribution in [0.2, 0.25) is 5.02 Å². The SMILES string of the molecule is CCOc1ccc(C(=O)NNC(=O)CCC(=O)Nc2cccc(Cl)c2C)cc1. The molecule has 0 spiro atoms. The fourth-order valence-corrected chi connectivity index (χ4v) is 2.49. The molecule has 0 fully saturated rings. The number of anilines is 1. The predicted molar refractivity (Wildman–Crippen MR) is 107 cm³/mol. The number of rotatable bonds is 7. The van der Waals surface area contributed by atoms with Gasteiger partial charge in [-0.3, -0.25) is 25.2 Å². The van der Waals surface area contributed by atoms with E-state index in [-0.39, 0.29) is 18.7 Å². The molecular weight excluding hydrogens is 382 g/mol. The molecule has 0 heterocycles. The Kier molecular flexibility index (Phi) is 7.83. The summed E-state index contributed by atoms with van der Waals surface area (Å²) in [5, 5.41) is 3.26. The molecule has 2 aromatic carbocycles. The highest BCUT2D eigenvalue weighted by atomic mass is 35.5. The lowest BCUT2D eigenvalue weighted by Gasteiger charge is -2.10. The fraction of sp³-hybridized carbons (Fsp3) is 0.250. The van der Waals surface area contributed by atoms with Gasteiger partial charge in [0.2, 0.25) is 11.8 Å². The van der Waals surface area contributed by atoms with E-state index >= 15 is 0 Å². The van der Waals surface area contributed by atoms with Crippen molar-refractivity contribution in [2.75, 3.05) is 11.9 Å². The number of halogens is 1. The summed E-state index contributed by atoms with van der Waals surface area (Å²) in [6.07, 6.45) is -0.105. The van der Waals surface area contributed by atoms with E-state index in [2.05, 4.69) is 16.2 Å². The molecule has 0 aliphatic heterocycles. The van der Waals surface area contributed by atoms with E-state index in [9.17, 15) is 14.4 Å². The van der Waals surface area contributed by atoms with Crippen molar-refractivity contribution in [3.05, 3.63) is 58.6 Å². The number of carbonyl (C=O) groups excluding carboxylic acids is 3. The first-order chi connectivity index (χ1) is 13.4. The van der Waals surface area contributed by atoms with Gasteiger partial charge in [-0.05, 0) is 55.8 Å². The Bertz CT molecular complexity index is 853. The van der Waals surface area contributed by atoms with Crippen molar-refractivity contribution in [1.29, 1.82) is 0 Å². The predicted octanol–water partition coefficient (Wildman–Crippen LogP) is 3.23. The van der Waals surface area contributed by atoms with Crippen molar-refractivity contribution >= 4 is 35.0 Å². The maximum atomic E-state index is 12.0. The summed E-state index contributed by atoms with van der Waals surface area (Å²) in [6, 6.07) is 11.7. The Balaban J connectivity index is 1.75. The Morgan fingerprint density at radius 2 is 1.64 bits per heavy atom. The van der Waals surface area contributed by atoms with Crippen LogP contribution in [-0.4, -0.2) is 24.3 Å². The average molecular weight is 404 g/mol. The first-order valence-corrected chi connectivity index (χ1v) is 9.15. The topological polar surface area (TPSA) is 96.5 Å². The van der Waals surface area contributed by atoms with Crippen molar-refractivity contribution in [2.45, 2.75) is 26.7 Å². The molecule has 0 atom stereocenters. The van der Waals surface area contributed by atoms with Crippen LogP contribution in [0.5, 0.6) is 5.75 Å². The Labute approximate surface area is 168 Å². The summed E-state index contributed by atoms with van der Waals surface area (Å²) in [4.78, 5) is 35.8. The van der Waals surface area contributed by atoms with Crippen molar-refractivity contribution in [3.63, 3.8) is 0 Å². The van der Waals surface area contributed by atoms with Crippen LogP contribution < -0.4 is 20.9 Å². The number of hydrogen-bond donors (Lipinski definition) is 3. The van der Waals surface area contributed by atoms with Gasteiger partial charge in [0.05, 0.1) is 6.61 Å². The molecule has 0 unspecified atom stereocenters. The van der Waals surface area contributed by atoms with E-state index in [4.69, 9.17) is 16.3 Å². The first kappa shape index (κ1) is 21.2. The van der Waals surface area contributed by atoms with Crippen LogP contribution in [0.3, 0.4) is 0 Å². The monoisotopic (exact) mass is 403 g/mol. The Morgan fingerprint density at radius 3 is 2.32 bits per heavy atom. The highest BCUT2D eigenvalue weighted by Crippen LogP contribution is 2.23. The molecule has 148 valence electrons. The number of hydrazine groups is 1. The minimum atomic E-state index is -0.475. The first-order valence-electron chi connectivity index (χ1n) is 8.77. The molecule has 3 N–H and O–H groups in total. The molecule has 2 rings (SSSR count). The van der Waals surface area contributed by atoms with Gasteiger partial charge < -0.3 is 10.1 Å². The molecule has 0 saturated heterocycles. The quantitative estimate of drug-likeness (QED) is 0.618. The van der Waals surface area contributed by atoms with E-state index in [1.165, 1.54) is 0 Å². The molecule has 2 aromatic rings. The van der Waals surface area contributed by atoms with Crippen LogP contribution >= 0.6 is 11.6 Å². The van der Waals surface area contributed by atoms with Crippen LogP contribution in [0, 0.1) is 6.92 Å². The van der Waals surface area contributed by atoms with Gasteiger partial charge in [0.1, 0.15) is 5.75 Å². The van der Waals surface area contributed by atoms with Gasteiger partial charge in [0.25, 0.3) is 5.91 Å². The molecule has 0 radical (unpaired) electrons. The van der Waals surface area contributed by atoms with Gasteiger partial charge in [-0.2, -0.15) is 0 Å². The van der Waals surface area contributed by atoms with E-state index in [1.54, 1.807) is 49.4 Å². The summed E-state index contributed by atoms with van der Waals surface area (Å²) in [5.41, 5.74) is 6.33. The molecule has 28 heavy (non-hydrogen) atoms. The van der Waals surface area contributed by atoms with Gasteiger partial charge in [-0.1, -0.05) is 17.7 Å². The molecule has 3 amide bonds. The lowest BCUT2D eigenvalue weighted by atomic mass is 10.2. The average Bonchev–Trinajstić information content (AvgIpc) is 2.69. The standard InChI is InChI=1S/C20H22ClN3O4/c1-3-28-15-9-7-14(8-10-15)20(27)24-23-19(26)12-11-18(25)22-17-6-4-5-16(21)13(17)2/h4-10H,3,11-12H2,1-2H3,(H,22,25)(H,23,26)(H,24,27). The Morgan fingerprint density at radius 1 is 0.964 bits per heavy atom. The summed E-state index contributed by atoms with van der Waals surface area (Å²) in [5.74, 6) is -0.602. The third-order valence-corrected chi connectivity index (χ3v) is 4.27. The lowest BCUT2D eigenvalue weighted by Crippen LogP contribution is -2.41. The van der Waals surface area contributed by atoms with Crippen LogP contribution in [0.1, 0.15) is 35.7 Å². The molecule has 0 aromatic heterocycles. The number of carbonyl (C=O) groups is 3. The second-order valence-electron chi connectivity index (χ2n) is 5.92. The van der Waals surface area contributed by atoms with E-state index in [0.717, 1.165) is 5.56 Å². The molecule has 0 bridgehead atoms. The van der Waals surface area contributed by atoms with E-state index in [1.807, 2.05) is 6.92 Å². The number of amides is 3. The molecule has 8 heteroatoms. The van der Waals surface area contributed by atoms with Gasteiger partial charge >= 0.3 is 0 Å². The van der Waals surface area contributed by atoms with Crippen LogP contribution in [-0.2, 0) is 9.59 Å². The van der Waals surface area contributed by atoms with Gasteiger partial charge in [0.15, 0.2) is 0 Å². The number of ether oxygens (including phenoxy) is 1. The van der Waals surface area contributed by atoms with Crippen LogP contribution in [0.15, 0.2) is 42.5 Å². The lowest BCUT2D eigenvalue weighted by molar-refractivity contribution is -0.124. The normalized spacial score (nSPS) is 10.1. The third-order valence-electron chi connectivity index (χ3n) is 3.86. The molecule has 0 saturated carbocycles. The van der Waals surface area contributed by atoms with Gasteiger partial charge in [-0.25, -0.2) is 0 Å². The zero-order chi connectivity index (χ0) is 20.5. The zero-order valence-corrected chi connectivity index (χ0v) is 16.4. The number of hydrogen-bond acceptors (Lipinski definition) is 4. The van der Waals surface area contributed by atoms with Gasteiger partial charge in [-0.15, -0.1) is 0 Å². The number of nitrogens with one attached hydrogen (secondary N) is 3. The van der Waals surface area contributed by atoms with Crippen molar-refractivity contribution in [2.24, 2.45) is 0 Å². The summed E-state index contributed by atoms with van der Waals surface area (Å²) >= 11 is 6.01. The highest BCUT2D eigenvalue weighted by Gasteiger charge is 2.11.